The number of primary amides is 1. The Labute approximate surface area is 111 Å². The Kier molecular flexibility index (Phi) is 3.72. The van der Waals surface area contributed by atoms with Gasteiger partial charge in [-0.3, -0.25) is 4.79 Å². The van der Waals surface area contributed by atoms with Crippen molar-refractivity contribution < 1.29 is 9.21 Å². The van der Waals surface area contributed by atoms with Gasteiger partial charge in [0, 0.05) is 23.4 Å². The molecule has 0 fully saturated rings. The summed E-state index contributed by atoms with van der Waals surface area (Å²) in [6.45, 7) is 1.95. The number of benzene rings is 1. The van der Waals surface area contributed by atoms with Gasteiger partial charge in [0.15, 0.2) is 0 Å². The van der Waals surface area contributed by atoms with Crippen LogP contribution >= 0.6 is 11.6 Å². The highest BCUT2D eigenvalue weighted by Crippen LogP contribution is 2.27. The molecule has 2 aromatic rings. The van der Waals surface area contributed by atoms with Gasteiger partial charge >= 0.3 is 0 Å². The van der Waals surface area contributed by atoms with Crippen LogP contribution in [0.25, 0.3) is 11.3 Å². The predicted molar refractivity (Wildman–Crippen MR) is 71.4 cm³/mol. The summed E-state index contributed by atoms with van der Waals surface area (Å²) < 4.78 is 5.65. The molecule has 94 valence electrons. The number of nitrogens with two attached hydrogens (primary N) is 1. The molecule has 0 aliphatic rings. The predicted octanol–water partition coefficient (Wildman–Crippen LogP) is 3.33. The van der Waals surface area contributed by atoms with Gasteiger partial charge < -0.3 is 10.2 Å². The van der Waals surface area contributed by atoms with E-state index in [1.807, 2.05) is 37.3 Å². The van der Waals surface area contributed by atoms with Crippen molar-refractivity contribution in [3.63, 3.8) is 0 Å². The summed E-state index contributed by atoms with van der Waals surface area (Å²) in [7, 11) is 0. The highest BCUT2D eigenvalue weighted by Gasteiger charge is 2.07. The summed E-state index contributed by atoms with van der Waals surface area (Å²) >= 11 is 6.07. The standard InChI is InChI=1S/C14H14ClNO2/c1-9-2-3-10(8-12(9)15)13-6-4-11(18-13)5-7-14(16)17/h2-4,6,8H,5,7H2,1H3,(H2,16,17). The fraction of sp³-hybridized carbons (Fsp3) is 0.214. The Bertz CT molecular complexity index is 575. The third-order valence-corrected chi connectivity index (χ3v) is 3.14. The summed E-state index contributed by atoms with van der Waals surface area (Å²) in [5, 5.41) is 0.711. The molecule has 1 heterocycles. The van der Waals surface area contributed by atoms with Crippen LogP contribution in [-0.2, 0) is 11.2 Å². The normalized spacial score (nSPS) is 10.6. The van der Waals surface area contributed by atoms with Crippen LogP contribution in [0.2, 0.25) is 5.02 Å². The maximum absolute atomic E-state index is 10.7. The number of aryl methyl sites for hydroxylation is 2. The lowest BCUT2D eigenvalue weighted by Crippen LogP contribution is -2.10. The quantitative estimate of drug-likeness (QED) is 0.920. The third kappa shape index (κ3) is 2.93. The number of amides is 1. The van der Waals surface area contributed by atoms with Crippen molar-refractivity contribution in [2.24, 2.45) is 5.73 Å². The SMILES string of the molecule is Cc1ccc(-c2ccc(CCC(N)=O)o2)cc1Cl. The van der Waals surface area contributed by atoms with Crippen molar-refractivity contribution in [2.75, 3.05) is 0 Å². The first kappa shape index (κ1) is 12.7. The third-order valence-electron chi connectivity index (χ3n) is 2.74. The average molecular weight is 264 g/mol. The van der Waals surface area contributed by atoms with Crippen LogP contribution in [0.15, 0.2) is 34.7 Å². The maximum Gasteiger partial charge on any atom is 0.217 e. The molecule has 1 aromatic heterocycles. The smallest absolute Gasteiger partial charge is 0.217 e. The van der Waals surface area contributed by atoms with Crippen LogP contribution < -0.4 is 5.73 Å². The van der Waals surface area contributed by atoms with Crippen LogP contribution in [0.3, 0.4) is 0 Å². The van der Waals surface area contributed by atoms with Gasteiger partial charge in [-0.1, -0.05) is 23.7 Å². The number of hydrogen-bond donors (Lipinski definition) is 1. The van der Waals surface area contributed by atoms with Gasteiger partial charge in [-0.2, -0.15) is 0 Å². The van der Waals surface area contributed by atoms with Gasteiger partial charge in [-0.05, 0) is 30.7 Å². The number of hydrogen-bond acceptors (Lipinski definition) is 2. The number of halogens is 1. The highest BCUT2D eigenvalue weighted by atomic mass is 35.5. The number of furan rings is 1. The second-order valence-corrected chi connectivity index (χ2v) is 4.60. The molecule has 0 unspecified atom stereocenters. The van der Waals surface area contributed by atoms with E-state index in [9.17, 15) is 4.79 Å². The van der Waals surface area contributed by atoms with E-state index in [-0.39, 0.29) is 5.91 Å². The second-order valence-electron chi connectivity index (χ2n) is 4.20. The van der Waals surface area contributed by atoms with Crippen LogP contribution in [0, 0.1) is 6.92 Å². The first-order chi connectivity index (χ1) is 8.56. The van der Waals surface area contributed by atoms with Crippen molar-refractivity contribution in [1.29, 1.82) is 0 Å². The van der Waals surface area contributed by atoms with E-state index in [0.717, 1.165) is 22.6 Å². The number of carbonyl (C=O) groups is 1. The molecule has 0 bridgehead atoms. The largest absolute Gasteiger partial charge is 0.461 e. The fourth-order valence-electron chi connectivity index (χ4n) is 1.66. The first-order valence-corrected chi connectivity index (χ1v) is 6.07. The molecule has 0 radical (unpaired) electrons. The summed E-state index contributed by atoms with van der Waals surface area (Å²) in [6.07, 6.45) is 0.816. The molecule has 3 nitrogen and oxygen atoms in total. The minimum absolute atomic E-state index is 0.293. The van der Waals surface area contributed by atoms with Gasteiger partial charge in [0.05, 0.1) is 0 Å². The lowest BCUT2D eigenvalue weighted by atomic mass is 10.1. The number of rotatable bonds is 4. The lowest BCUT2D eigenvalue weighted by Gasteiger charge is -2.01. The van der Waals surface area contributed by atoms with Crippen LogP contribution in [0.1, 0.15) is 17.7 Å². The summed E-state index contributed by atoms with van der Waals surface area (Å²) in [6, 6.07) is 9.50. The van der Waals surface area contributed by atoms with Crippen molar-refractivity contribution in [3.8, 4) is 11.3 Å². The Morgan fingerprint density at radius 1 is 1.33 bits per heavy atom. The summed E-state index contributed by atoms with van der Waals surface area (Å²) in [5.41, 5.74) is 7.05. The molecule has 0 aliphatic carbocycles. The van der Waals surface area contributed by atoms with E-state index in [0.29, 0.717) is 17.9 Å². The number of carbonyl (C=O) groups excluding carboxylic acids is 1. The minimum Gasteiger partial charge on any atom is -0.461 e. The summed E-state index contributed by atoms with van der Waals surface area (Å²) in [4.78, 5) is 10.7. The van der Waals surface area contributed by atoms with Gasteiger partial charge in [-0.15, -0.1) is 0 Å². The van der Waals surface area contributed by atoms with Gasteiger partial charge in [0.2, 0.25) is 5.91 Å². The molecule has 2 rings (SSSR count). The van der Waals surface area contributed by atoms with Gasteiger partial charge in [0.25, 0.3) is 0 Å². The fourth-order valence-corrected chi connectivity index (χ4v) is 1.84. The Morgan fingerprint density at radius 3 is 2.78 bits per heavy atom. The van der Waals surface area contributed by atoms with E-state index in [1.165, 1.54) is 0 Å². The molecular weight excluding hydrogens is 250 g/mol. The van der Waals surface area contributed by atoms with Crippen molar-refractivity contribution >= 4 is 17.5 Å². The maximum atomic E-state index is 10.7. The van der Waals surface area contributed by atoms with Gasteiger partial charge in [-0.25, -0.2) is 0 Å². The Morgan fingerprint density at radius 2 is 2.11 bits per heavy atom. The molecule has 18 heavy (non-hydrogen) atoms. The van der Waals surface area contributed by atoms with Crippen molar-refractivity contribution in [3.05, 3.63) is 46.7 Å². The molecule has 0 spiro atoms. The molecular formula is C14H14ClNO2. The molecule has 0 atom stereocenters. The van der Waals surface area contributed by atoms with Crippen molar-refractivity contribution in [2.45, 2.75) is 19.8 Å². The molecule has 0 saturated heterocycles. The average Bonchev–Trinajstić information content (AvgIpc) is 2.79. The topological polar surface area (TPSA) is 56.2 Å². The van der Waals surface area contributed by atoms with Gasteiger partial charge in [0.1, 0.15) is 11.5 Å². The zero-order valence-corrected chi connectivity index (χ0v) is 10.8. The monoisotopic (exact) mass is 263 g/mol. The van der Waals surface area contributed by atoms with Crippen LogP contribution in [0.4, 0.5) is 0 Å². The Balaban J connectivity index is 2.18. The zero-order valence-electron chi connectivity index (χ0n) is 10.1. The molecule has 1 aromatic carbocycles. The minimum atomic E-state index is -0.327. The molecule has 0 aliphatic heterocycles. The van der Waals surface area contributed by atoms with E-state index < -0.39 is 0 Å². The second kappa shape index (κ2) is 5.27. The van der Waals surface area contributed by atoms with Crippen molar-refractivity contribution in [1.82, 2.24) is 0 Å². The lowest BCUT2D eigenvalue weighted by molar-refractivity contribution is -0.118. The molecule has 1 amide bonds. The van der Waals surface area contributed by atoms with E-state index >= 15 is 0 Å². The summed E-state index contributed by atoms with van der Waals surface area (Å²) in [5.74, 6) is 1.17. The molecule has 2 N–H and O–H groups in total. The van der Waals surface area contributed by atoms with Crippen LogP contribution in [-0.4, -0.2) is 5.91 Å². The van der Waals surface area contributed by atoms with E-state index in [4.69, 9.17) is 21.8 Å². The van der Waals surface area contributed by atoms with E-state index in [2.05, 4.69) is 0 Å². The molecule has 0 saturated carbocycles. The molecule has 4 heteroatoms. The first-order valence-electron chi connectivity index (χ1n) is 5.70. The zero-order chi connectivity index (χ0) is 13.1. The van der Waals surface area contributed by atoms with Crippen LogP contribution in [0.5, 0.6) is 0 Å². The Hall–Kier alpha value is -1.74. The highest BCUT2D eigenvalue weighted by molar-refractivity contribution is 6.31. The van der Waals surface area contributed by atoms with E-state index in [1.54, 1.807) is 0 Å².